The second kappa shape index (κ2) is 4.14. The number of hydrogen-bond donors (Lipinski definition) is 0. The summed E-state index contributed by atoms with van der Waals surface area (Å²) in [6.07, 6.45) is 3.76. The number of thioether (sulfide) groups is 1. The quantitative estimate of drug-likeness (QED) is 0.751. The minimum atomic E-state index is 0.871. The molecule has 0 amide bonds. The van der Waals surface area contributed by atoms with Gasteiger partial charge >= 0.3 is 0 Å². The van der Waals surface area contributed by atoms with Gasteiger partial charge in [-0.15, -0.1) is 21.5 Å². The summed E-state index contributed by atoms with van der Waals surface area (Å²) in [5.74, 6) is 0.939. The first-order valence-electron chi connectivity index (χ1n) is 4.26. The number of rotatable bonds is 3. The third kappa shape index (κ3) is 1.57. The lowest BCUT2D eigenvalue weighted by Gasteiger charge is -2.03. The summed E-state index contributed by atoms with van der Waals surface area (Å²) in [7, 11) is 0. The topological polar surface area (TPSA) is 30.7 Å². The van der Waals surface area contributed by atoms with Gasteiger partial charge in [0.25, 0.3) is 0 Å². The first-order valence-corrected chi connectivity index (χ1v) is 6.12. The van der Waals surface area contributed by atoms with Crippen molar-refractivity contribution in [1.82, 2.24) is 14.8 Å². The summed E-state index contributed by atoms with van der Waals surface area (Å²) in [5, 5.41) is 11.2. The molecular formula is C9H10N3S2. The van der Waals surface area contributed by atoms with Crippen LogP contribution in [0.15, 0.2) is 22.7 Å². The van der Waals surface area contributed by atoms with Crippen LogP contribution in [0.2, 0.25) is 0 Å². The Bertz CT molecular complexity index is 406. The monoisotopic (exact) mass is 224 g/mol. The van der Waals surface area contributed by atoms with Gasteiger partial charge in [0.1, 0.15) is 0 Å². The number of aromatic nitrogens is 3. The Kier molecular flexibility index (Phi) is 2.88. The summed E-state index contributed by atoms with van der Waals surface area (Å²) in [6.45, 7) is 2.96. The van der Waals surface area contributed by atoms with Crippen molar-refractivity contribution in [1.29, 1.82) is 0 Å². The van der Waals surface area contributed by atoms with Crippen molar-refractivity contribution in [3.05, 3.63) is 23.8 Å². The molecule has 0 aliphatic heterocycles. The van der Waals surface area contributed by atoms with Gasteiger partial charge in [-0.3, -0.25) is 0 Å². The van der Waals surface area contributed by atoms with Crippen LogP contribution in [0.4, 0.5) is 0 Å². The summed E-state index contributed by atoms with van der Waals surface area (Å²) in [6, 6.07) is 4.07. The van der Waals surface area contributed by atoms with Crippen molar-refractivity contribution in [3.63, 3.8) is 0 Å². The van der Waals surface area contributed by atoms with Gasteiger partial charge in [-0.2, -0.15) is 0 Å². The lowest BCUT2D eigenvalue weighted by Crippen LogP contribution is -1.97. The SMILES string of the molecule is [CH2]Sc1nnc(-c2cccs2)n1CC. The molecule has 2 heterocycles. The first kappa shape index (κ1) is 9.73. The molecule has 3 nitrogen and oxygen atoms in total. The minimum absolute atomic E-state index is 0.871. The molecule has 0 saturated carbocycles. The van der Waals surface area contributed by atoms with Crippen molar-refractivity contribution < 1.29 is 0 Å². The van der Waals surface area contributed by atoms with Crippen LogP contribution in [0.3, 0.4) is 0 Å². The maximum absolute atomic E-state index is 4.16. The molecule has 2 rings (SSSR count). The molecule has 0 fully saturated rings. The van der Waals surface area contributed by atoms with Gasteiger partial charge in [-0.25, -0.2) is 0 Å². The molecule has 0 aliphatic carbocycles. The molecule has 2 aromatic rings. The molecule has 0 aliphatic rings. The molecule has 2 aromatic heterocycles. The first-order chi connectivity index (χ1) is 6.86. The molecule has 0 bridgehead atoms. The van der Waals surface area contributed by atoms with Crippen LogP contribution in [-0.2, 0) is 6.54 Å². The fourth-order valence-corrected chi connectivity index (χ4v) is 2.46. The lowest BCUT2D eigenvalue weighted by atomic mass is 10.4. The van der Waals surface area contributed by atoms with Crippen LogP contribution in [0.5, 0.6) is 0 Å². The lowest BCUT2D eigenvalue weighted by molar-refractivity contribution is 0.689. The molecular weight excluding hydrogens is 214 g/mol. The molecule has 0 saturated heterocycles. The van der Waals surface area contributed by atoms with Crippen LogP contribution >= 0.6 is 23.1 Å². The van der Waals surface area contributed by atoms with Crippen LogP contribution in [0.25, 0.3) is 10.7 Å². The maximum Gasteiger partial charge on any atom is 0.191 e. The number of thiophene rings is 1. The van der Waals surface area contributed by atoms with Gasteiger partial charge in [0.2, 0.25) is 0 Å². The van der Waals surface area contributed by atoms with E-state index in [0.29, 0.717) is 0 Å². The van der Waals surface area contributed by atoms with Crippen LogP contribution in [0.1, 0.15) is 6.92 Å². The van der Waals surface area contributed by atoms with Gasteiger partial charge in [0.15, 0.2) is 11.0 Å². The molecule has 1 radical (unpaired) electrons. The number of hydrogen-bond acceptors (Lipinski definition) is 4. The fourth-order valence-electron chi connectivity index (χ4n) is 1.27. The maximum atomic E-state index is 4.16. The van der Waals surface area contributed by atoms with E-state index in [4.69, 9.17) is 0 Å². The molecule has 73 valence electrons. The van der Waals surface area contributed by atoms with Crippen molar-refractivity contribution >= 4 is 23.1 Å². The third-order valence-electron chi connectivity index (χ3n) is 1.90. The summed E-state index contributed by atoms with van der Waals surface area (Å²) >= 11 is 3.06. The van der Waals surface area contributed by atoms with E-state index in [0.717, 1.165) is 22.4 Å². The zero-order chi connectivity index (χ0) is 9.97. The van der Waals surface area contributed by atoms with Crippen molar-refractivity contribution in [2.75, 3.05) is 0 Å². The predicted octanol–water partition coefficient (Wildman–Crippen LogP) is 2.91. The molecule has 0 unspecified atom stereocenters. The van der Waals surface area contributed by atoms with E-state index in [-0.39, 0.29) is 0 Å². The van der Waals surface area contributed by atoms with Gasteiger partial charge in [0, 0.05) is 12.8 Å². The average molecular weight is 224 g/mol. The summed E-state index contributed by atoms with van der Waals surface area (Å²) in [5.41, 5.74) is 0. The Hall–Kier alpha value is -0.810. The Morgan fingerprint density at radius 1 is 1.57 bits per heavy atom. The van der Waals surface area contributed by atoms with Crippen molar-refractivity contribution in [2.45, 2.75) is 18.6 Å². The highest BCUT2D eigenvalue weighted by atomic mass is 32.2. The minimum Gasteiger partial charge on any atom is -0.302 e. The molecule has 0 atom stereocenters. The van der Waals surface area contributed by atoms with Gasteiger partial charge in [-0.05, 0) is 18.4 Å². The van der Waals surface area contributed by atoms with Crippen LogP contribution < -0.4 is 0 Å². The summed E-state index contributed by atoms with van der Waals surface area (Å²) < 4.78 is 2.07. The van der Waals surface area contributed by atoms with E-state index < -0.39 is 0 Å². The predicted molar refractivity (Wildman–Crippen MR) is 60.2 cm³/mol. The zero-order valence-corrected chi connectivity index (χ0v) is 9.44. The molecule has 0 aromatic carbocycles. The van der Waals surface area contributed by atoms with Gasteiger partial charge in [-0.1, -0.05) is 17.8 Å². The second-order valence-electron chi connectivity index (χ2n) is 2.67. The highest BCUT2D eigenvalue weighted by Gasteiger charge is 2.11. The van der Waals surface area contributed by atoms with Crippen molar-refractivity contribution in [3.8, 4) is 10.7 Å². The highest BCUT2D eigenvalue weighted by Crippen LogP contribution is 2.26. The smallest absolute Gasteiger partial charge is 0.191 e. The zero-order valence-electron chi connectivity index (χ0n) is 7.80. The van der Waals surface area contributed by atoms with Crippen LogP contribution in [0, 0.1) is 6.26 Å². The van der Waals surface area contributed by atoms with Gasteiger partial charge in [0.05, 0.1) is 4.88 Å². The van der Waals surface area contributed by atoms with E-state index in [1.165, 1.54) is 11.8 Å². The fraction of sp³-hybridized carbons (Fsp3) is 0.222. The van der Waals surface area contributed by atoms with Crippen LogP contribution in [-0.4, -0.2) is 14.8 Å². The van der Waals surface area contributed by atoms with E-state index in [1.807, 2.05) is 11.4 Å². The normalized spacial score (nSPS) is 10.7. The third-order valence-corrected chi connectivity index (χ3v) is 3.33. The van der Waals surface area contributed by atoms with Gasteiger partial charge < -0.3 is 4.57 Å². The Morgan fingerprint density at radius 3 is 3.00 bits per heavy atom. The molecule has 0 spiro atoms. The number of nitrogens with zero attached hydrogens (tertiary/aromatic N) is 3. The van der Waals surface area contributed by atoms with E-state index in [9.17, 15) is 0 Å². The van der Waals surface area contributed by atoms with Crippen molar-refractivity contribution in [2.24, 2.45) is 0 Å². The average Bonchev–Trinajstić information content (AvgIpc) is 2.85. The van der Waals surface area contributed by atoms with E-state index in [2.05, 4.69) is 34.0 Å². The molecule has 5 heteroatoms. The summed E-state index contributed by atoms with van der Waals surface area (Å²) in [4.78, 5) is 1.15. The Balaban J connectivity index is 2.48. The van der Waals surface area contributed by atoms with E-state index in [1.54, 1.807) is 11.3 Å². The molecule has 14 heavy (non-hydrogen) atoms. The largest absolute Gasteiger partial charge is 0.302 e. The second-order valence-corrected chi connectivity index (χ2v) is 4.27. The highest BCUT2D eigenvalue weighted by molar-refractivity contribution is 8.00. The Morgan fingerprint density at radius 2 is 2.43 bits per heavy atom. The Labute approximate surface area is 91.2 Å². The molecule has 0 N–H and O–H groups in total. The standard InChI is InChI=1S/C9H10N3S2/c1-3-12-8(7-5-4-6-14-7)10-11-9(12)13-2/h4-6H,2-3H2,1H3. The van der Waals surface area contributed by atoms with E-state index >= 15 is 0 Å².